The van der Waals surface area contributed by atoms with Gasteiger partial charge in [-0.3, -0.25) is 14.2 Å². The molecule has 8 nitrogen and oxygen atoms in total. The van der Waals surface area contributed by atoms with Crippen molar-refractivity contribution in [1.29, 1.82) is 0 Å². The first-order chi connectivity index (χ1) is 15.3. The van der Waals surface area contributed by atoms with Crippen LogP contribution in [0.25, 0.3) is 10.2 Å². The van der Waals surface area contributed by atoms with E-state index in [-0.39, 0.29) is 22.1 Å². The molecule has 3 aromatic rings. The van der Waals surface area contributed by atoms with Crippen LogP contribution in [-0.4, -0.2) is 47.0 Å². The highest BCUT2D eigenvalue weighted by atomic mass is 32.2. The van der Waals surface area contributed by atoms with Gasteiger partial charge in [0, 0.05) is 25.8 Å². The van der Waals surface area contributed by atoms with E-state index in [1.54, 1.807) is 25.2 Å². The van der Waals surface area contributed by atoms with Gasteiger partial charge in [-0.2, -0.15) is 4.31 Å². The number of hydrogen-bond acceptors (Lipinski definition) is 7. The Labute approximate surface area is 194 Å². The zero-order valence-electron chi connectivity index (χ0n) is 17.8. The molecule has 0 bridgehead atoms. The topological polar surface area (TPSA) is 101 Å². The summed E-state index contributed by atoms with van der Waals surface area (Å²) in [7, 11) is -1.96. The van der Waals surface area contributed by atoms with E-state index in [1.165, 1.54) is 38.0 Å². The Bertz CT molecular complexity index is 1320. The number of nitrogens with zero attached hydrogens (tertiary/aromatic N) is 3. The van der Waals surface area contributed by atoms with Gasteiger partial charge in [0.05, 0.1) is 16.0 Å². The Hall–Kier alpha value is -2.21. The van der Waals surface area contributed by atoms with Crippen molar-refractivity contribution in [2.45, 2.75) is 36.2 Å². The van der Waals surface area contributed by atoms with Crippen LogP contribution in [0.3, 0.4) is 0 Å². The number of anilines is 1. The van der Waals surface area contributed by atoms with Crippen molar-refractivity contribution in [2.24, 2.45) is 7.05 Å². The number of aromatic nitrogens is 2. The van der Waals surface area contributed by atoms with E-state index in [2.05, 4.69) is 10.3 Å². The van der Waals surface area contributed by atoms with Crippen LogP contribution in [0, 0.1) is 6.92 Å². The predicted octanol–water partition coefficient (Wildman–Crippen LogP) is 3.21. The van der Waals surface area contributed by atoms with Gasteiger partial charge in [-0.15, -0.1) is 11.3 Å². The molecule has 0 unspecified atom stereocenters. The minimum absolute atomic E-state index is 0.0414. The molecule has 0 atom stereocenters. The number of amides is 1. The Balaban J connectivity index is 1.48. The molecule has 1 N–H and O–H groups in total. The standard InChI is InChI=1S/C21H24N4O4S3/c1-14-6-7-15(32(28,29)25-9-4-3-5-10-25)12-17(14)22-18(26)13-31-21-23-19-16(8-11-30-19)20(27)24(21)2/h6-8,11-12H,3-5,9-10,13H2,1-2H3,(H,22,26). The second-order valence-electron chi connectivity index (χ2n) is 7.68. The molecule has 0 aliphatic carbocycles. The zero-order chi connectivity index (χ0) is 22.9. The molecule has 32 heavy (non-hydrogen) atoms. The van der Waals surface area contributed by atoms with Crippen molar-refractivity contribution < 1.29 is 13.2 Å². The summed E-state index contributed by atoms with van der Waals surface area (Å²) in [5.74, 6) is -0.258. The number of fused-ring (bicyclic) bond motifs is 1. The summed E-state index contributed by atoms with van der Waals surface area (Å²) < 4.78 is 28.9. The first kappa shape index (κ1) is 23.0. The number of hydrogen-bond donors (Lipinski definition) is 1. The van der Waals surface area contributed by atoms with Gasteiger partial charge in [-0.1, -0.05) is 24.2 Å². The fourth-order valence-electron chi connectivity index (χ4n) is 3.58. The third-order valence-electron chi connectivity index (χ3n) is 5.43. The molecule has 11 heteroatoms. The molecule has 2 aromatic heterocycles. The van der Waals surface area contributed by atoms with Crippen molar-refractivity contribution in [3.8, 4) is 0 Å². The molecule has 1 fully saturated rings. The van der Waals surface area contributed by atoms with E-state index >= 15 is 0 Å². The number of carbonyl (C=O) groups excluding carboxylic acids is 1. The Morgan fingerprint density at radius 1 is 1.22 bits per heavy atom. The maximum absolute atomic E-state index is 13.0. The summed E-state index contributed by atoms with van der Waals surface area (Å²) in [6.45, 7) is 2.86. The van der Waals surface area contributed by atoms with Crippen molar-refractivity contribution in [2.75, 3.05) is 24.2 Å². The molecular formula is C21H24N4O4S3. The summed E-state index contributed by atoms with van der Waals surface area (Å²) in [5, 5.41) is 5.64. The molecule has 0 radical (unpaired) electrons. The van der Waals surface area contributed by atoms with Crippen LogP contribution in [0.2, 0.25) is 0 Å². The molecule has 4 rings (SSSR count). The Morgan fingerprint density at radius 2 is 1.97 bits per heavy atom. The molecule has 1 amide bonds. The summed E-state index contributed by atoms with van der Waals surface area (Å²) >= 11 is 2.54. The third-order valence-corrected chi connectivity index (χ3v) is 9.16. The number of thioether (sulfide) groups is 1. The first-order valence-corrected chi connectivity index (χ1v) is 13.6. The van der Waals surface area contributed by atoms with Gasteiger partial charge in [0.15, 0.2) is 5.16 Å². The van der Waals surface area contributed by atoms with E-state index in [0.717, 1.165) is 24.8 Å². The zero-order valence-corrected chi connectivity index (χ0v) is 20.3. The maximum Gasteiger partial charge on any atom is 0.262 e. The Morgan fingerprint density at radius 3 is 2.72 bits per heavy atom. The van der Waals surface area contributed by atoms with Gasteiger partial charge in [0.25, 0.3) is 5.56 Å². The van der Waals surface area contributed by atoms with E-state index in [0.29, 0.717) is 34.1 Å². The van der Waals surface area contributed by atoms with Crippen LogP contribution in [0.1, 0.15) is 24.8 Å². The number of carbonyl (C=O) groups is 1. The van der Waals surface area contributed by atoms with Gasteiger partial charge in [-0.25, -0.2) is 13.4 Å². The third kappa shape index (κ3) is 4.61. The van der Waals surface area contributed by atoms with E-state index in [4.69, 9.17) is 0 Å². The summed E-state index contributed by atoms with van der Waals surface area (Å²) in [4.78, 5) is 30.3. The van der Waals surface area contributed by atoms with Crippen molar-refractivity contribution in [3.05, 3.63) is 45.6 Å². The summed E-state index contributed by atoms with van der Waals surface area (Å²) in [6.07, 6.45) is 2.76. The van der Waals surface area contributed by atoms with Gasteiger partial charge in [-0.05, 0) is 48.9 Å². The number of rotatable bonds is 6. The van der Waals surface area contributed by atoms with Crippen LogP contribution in [0.5, 0.6) is 0 Å². The number of nitrogens with one attached hydrogen (secondary N) is 1. The van der Waals surface area contributed by atoms with E-state index < -0.39 is 10.0 Å². The lowest BCUT2D eigenvalue weighted by Gasteiger charge is -2.26. The maximum atomic E-state index is 13.0. The molecule has 1 saturated heterocycles. The smallest absolute Gasteiger partial charge is 0.262 e. The SMILES string of the molecule is Cc1ccc(S(=O)(=O)N2CCCCC2)cc1NC(=O)CSc1nc2sccc2c(=O)n1C. The van der Waals surface area contributed by atoms with Crippen LogP contribution >= 0.6 is 23.1 Å². The van der Waals surface area contributed by atoms with Crippen LogP contribution < -0.4 is 10.9 Å². The predicted molar refractivity (Wildman–Crippen MR) is 128 cm³/mol. The van der Waals surface area contributed by atoms with Crippen LogP contribution in [0.15, 0.2) is 44.5 Å². The number of sulfonamides is 1. The number of aryl methyl sites for hydroxylation is 1. The van der Waals surface area contributed by atoms with Gasteiger partial charge < -0.3 is 5.32 Å². The van der Waals surface area contributed by atoms with Crippen molar-refractivity contribution >= 4 is 54.9 Å². The highest BCUT2D eigenvalue weighted by Crippen LogP contribution is 2.26. The quantitative estimate of drug-likeness (QED) is 0.419. The summed E-state index contributed by atoms with van der Waals surface area (Å²) in [5.41, 5.74) is 1.08. The second kappa shape index (κ2) is 9.34. The largest absolute Gasteiger partial charge is 0.325 e. The molecule has 1 aliphatic heterocycles. The van der Waals surface area contributed by atoms with Crippen molar-refractivity contribution in [1.82, 2.24) is 13.9 Å². The van der Waals surface area contributed by atoms with E-state index in [1.807, 2.05) is 12.3 Å². The first-order valence-electron chi connectivity index (χ1n) is 10.2. The molecule has 1 aliphatic rings. The number of benzene rings is 1. The average Bonchev–Trinajstić information content (AvgIpc) is 3.26. The summed E-state index contributed by atoms with van der Waals surface area (Å²) in [6, 6.07) is 6.55. The second-order valence-corrected chi connectivity index (χ2v) is 11.5. The molecule has 170 valence electrons. The molecule has 0 saturated carbocycles. The molecule has 3 heterocycles. The van der Waals surface area contributed by atoms with Gasteiger partial charge >= 0.3 is 0 Å². The fraction of sp³-hybridized carbons (Fsp3) is 0.381. The van der Waals surface area contributed by atoms with Crippen LogP contribution in [-0.2, 0) is 21.9 Å². The molecular weight excluding hydrogens is 468 g/mol. The average molecular weight is 493 g/mol. The van der Waals surface area contributed by atoms with E-state index in [9.17, 15) is 18.0 Å². The minimum Gasteiger partial charge on any atom is -0.325 e. The Kier molecular flexibility index (Phi) is 6.70. The lowest BCUT2D eigenvalue weighted by atomic mass is 10.2. The highest BCUT2D eigenvalue weighted by molar-refractivity contribution is 7.99. The highest BCUT2D eigenvalue weighted by Gasteiger charge is 2.26. The van der Waals surface area contributed by atoms with Crippen molar-refractivity contribution in [3.63, 3.8) is 0 Å². The number of thiophene rings is 1. The monoisotopic (exact) mass is 492 g/mol. The lowest BCUT2D eigenvalue weighted by molar-refractivity contribution is -0.113. The fourth-order valence-corrected chi connectivity index (χ4v) is 6.70. The van der Waals surface area contributed by atoms with Gasteiger partial charge in [0.2, 0.25) is 15.9 Å². The van der Waals surface area contributed by atoms with Crippen LogP contribution in [0.4, 0.5) is 5.69 Å². The lowest BCUT2D eigenvalue weighted by Crippen LogP contribution is -2.35. The minimum atomic E-state index is -3.59. The molecule has 0 spiro atoms. The number of piperidine rings is 1. The van der Waals surface area contributed by atoms with Gasteiger partial charge in [0.1, 0.15) is 4.83 Å². The normalized spacial score (nSPS) is 15.2. The molecule has 1 aromatic carbocycles.